The first-order valence-corrected chi connectivity index (χ1v) is 37.7. The second kappa shape index (κ2) is 59.7. The molecule has 0 aromatic rings. The predicted molar refractivity (Wildman–Crippen MR) is 340 cm³/mol. The van der Waals surface area contributed by atoms with E-state index < -0.39 is 97.5 Å². The van der Waals surface area contributed by atoms with E-state index in [9.17, 15) is 43.2 Å². The van der Waals surface area contributed by atoms with E-state index in [0.29, 0.717) is 25.7 Å². The lowest BCUT2D eigenvalue weighted by molar-refractivity contribution is -0.161. The molecule has 19 heteroatoms. The Morgan fingerprint density at radius 3 is 0.835 bits per heavy atom. The zero-order valence-corrected chi connectivity index (χ0v) is 56.5. The SMILES string of the molecule is CCCCCCCCCCCCCCCCCCC(=O)O[C@H](COC(=O)CCCCCCCCCCC(C)CC)COP(=O)(O)OC[C@@H](O)COP(=O)(O)OC[C@@H](COC(=O)CCCCCCC)OC(=O)CCCCCCCCCCCCCC. The second-order valence-corrected chi connectivity index (χ2v) is 27.0. The summed E-state index contributed by atoms with van der Waals surface area (Å²) in [5.74, 6) is -1.36. The van der Waals surface area contributed by atoms with E-state index in [1.54, 1.807) is 0 Å². The predicted octanol–water partition coefficient (Wildman–Crippen LogP) is 18.6. The first-order valence-electron chi connectivity index (χ1n) is 34.7. The van der Waals surface area contributed by atoms with Gasteiger partial charge in [0.25, 0.3) is 0 Å². The lowest BCUT2D eigenvalue weighted by Gasteiger charge is -2.21. The summed E-state index contributed by atoms with van der Waals surface area (Å²) in [5.41, 5.74) is 0. The molecule has 504 valence electrons. The van der Waals surface area contributed by atoms with Gasteiger partial charge >= 0.3 is 39.5 Å². The molecule has 0 rings (SSSR count). The van der Waals surface area contributed by atoms with E-state index in [0.717, 1.165) is 102 Å². The van der Waals surface area contributed by atoms with Crippen molar-refractivity contribution in [2.45, 2.75) is 355 Å². The second-order valence-electron chi connectivity index (χ2n) is 24.1. The van der Waals surface area contributed by atoms with Crippen LogP contribution in [0.4, 0.5) is 0 Å². The Balaban J connectivity index is 5.17. The lowest BCUT2D eigenvalue weighted by Crippen LogP contribution is -2.30. The standard InChI is InChI=1S/C66H128O17P2/c1-6-10-13-16-18-20-22-24-25-26-27-29-31-37-42-47-52-66(71)83-62(56-77-64(69)50-45-40-35-33-32-34-39-43-48-59(5)9-4)58-81-85(74,75)79-54-60(67)53-78-84(72,73)80-57-61(55-76-63(68)49-44-38-15-12-8-3)82-65(70)51-46-41-36-30-28-23-21-19-17-14-11-7-2/h59-62,67H,6-58H2,1-5H3,(H,72,73)(H,74,75)/t59?,60-,61+,62+/m0/s1. The summed E-state index contributed by atoms with van der Waals surface area (Å²) in [6.07, 6.45) is 44.7. The van der Waals surface area contributed by atoms with Crippen molar-refractivity contribution in [1.29, 1.82) is 0 Å². The Kier molecular flexibility index (Phi) is 58.3. The van der Waals surface area contributed by atoms with E-state index in [1.807, 2.05) is 0 Å². The Labute approximate surface area is 517 Å². The lowest BCUT2D eigenvalue weighted by atomic mass is 9.99. The van der Waals surface area contributed by atoms with Crippen LogP contribution in [0.15, 0.2) is 0 Å². The molecule has 17 nitrogen and oxygen atoms in total. The normalized spacial score (nSPS) is 14.5. The number of hydrogen-bond donors (Lipinski definition) is 3. The van der Waals surface area contributed by atoms with Crippen LogP contribution in [0.3, 0.4) is 0 Å². The number of aliphatic hydroxyl groups is 1. The van der Waals surface area contributed by atoms with Crippen LogP contribution in [0.5, 0.6) is 0 Å². The van der Waals surface area contributed by atoms with Crippen molar-refractivity contribution in [3.05, 3.63) is 0 Å². The number of phosphoric acid groups is 2. The molecule has 0 spiro atoms. The van der Waals surface area contributed by atoms with E-state index in [-0.39, 0.29) is 25.7 Å². The molecule has 0 aliphatic carbocycles. The van der Waals surface area contributed by atoms with Gasteiger partial charge in [0.1, 0.15) is 19.3 Å². The fourth-order valence-corrected chi connectivity index (χ4v) is 11.5. The van der Waals surface area contributed by atoms with Crippen LogP contribution in [0.2, 0.25) is 0 Å². The number of phosphoric ester groups is 2. The average Bonchev–Trinajstić information content (AvgIpc) is 3.53. The van der Waals surface area contributed by atoms with Gasteiger partial charge in [-0.2, -0.15) is 0 Å². The van der Waals surface area contributed by atoms with Gasteiger partial charge in [0, 0.05) is 25.7 Å². The molecule has 0 aliphatic heterocycles. The van der Waals surface area contributed by atoms with Crippen LogP contribution in [0, 0.1) is 5.92 Å². The van der Waals surface area contributed by atoms with Crippen LogP contribution >= 0.6 is 15.6 Å². The molecule has 0 aromatic carbocycles. The third-order valence-electron chi connectivity index (χ3n) is 15.6. The summed E-state index contributed by atoms with van der Waals surface area (Å²) in [5, 5.41) is 10.5. The number of ether oxygens (including phenoxy) is 4. The van der Waals surface area contributed by atoms with Gasteiger partial charge in [-0.3, -0.25) is 37.3 Å². The van der Waals surface area contributed by atoms with Gasteiger partial charge in [-0.15, -0.1) is 0 Å². The van der Waals surface area contributed by atoms with E-state index in [2.05, 4.69) is 34.6 Å². The molecule has 0 bridgehead atoms. The van der Waals surface area contributed by atoms with Gasteiger partial charge in [-0.1, -0.05) is 285 Å². The third kappa shape index (κ3) is 59.5. The van der Waals surface area contributed by atoms with Gasteiger partial charge < -0.3 is 33.8 Å². The summed E-state index contributed by atoms with van der Waals surface area (Å²) < 4.78 is 67.9. The highest BCUT2D eigenvalue weighted by Crippen LogP contribution is 2.45. The average molecular weight is 1260 g/mol. The van der Waals surface area contributed by atoms with Crippen molar-refractivity contribution in [2.24, 2.45) is 5.92 Å². The molecule has 0 heterocycles. The first kappa shape index (κ1) is 83.1. The summed E-state index contributed by atoms with van der Waals surface area (Å²) in [7, 11) is -9.88. The molecular formula is C66H128O17P2. The van der Waals surface area contributed by atoms with Crippen LogP contribution in [-0.2, 0) is 65.4 Å². The Morgan fingerprint density at radius 1 is 0.329 bits per heavy atom. The molecule has 6 atom stereocenters. The summed E-state index contributed by atoms with van der Waals surface area (Å²) in [6.45, 7) is 7.14. The fraction of sp³-hybridized carbons (Fsp3) is 0.939. The maximum absolute atomic E-state index is 13.0. The van der Waals surface area contributed by atoms with Crippen molar-refractivity contribution in [2.75, 3.05) is 39.6 Å². The van der Waals surface area contributed by atoms with Gasteiger partial charge in [-0.05, 0) is 31.6 Å². The molecule has 0 radical (unpaired) electrons. The number of carbonyl (C=O) groups excluding carboxylic acids is 4. The minimum absolute atomic E-state index is 0.106. The number of esters is 4. The Morgan fingerprint density at radius 2 is 0.565 bits per heavy atom. The van der Waals surface area contributed by atoms with Crippen LogP contribution in [-0.4, -0.2) is 96.7 Å². The van der Waals surface area contributed by atoms with Crippen LogP contribution < -0.4 is 0 Å². The minimum Gasteiger partial charge on any atom is -0.462 e. The van der Waals surface area contributed by atoms with Gasteiger partial charge in [0.15, 0.2) is 12.2 Å². The number of rotatable bonds is 66. The number of unbranched alkanes of at least 4 members (excludes halogenated alkanes) is 37. The quantitative estimate of drug-likeness (QED) is 0.0222. The van der Waals surface area contributed by atoms with Crippen molar-refractivity contribution >= 4 is 39.5 Å². The van der Waals surface area contributed by atoms with Crippen molar-refractivity contribution in [3.63, 3.8) is 0 Å². The van der Waals surface area contributed by atoms with Crippen molar-refractivity contribution in [1.82, 2.24) is 0 Å². The van der Waals surface area contributed by atoms with Crippen LogP contribution in [0.25, 0.3) is 0 Å². The van der Waals surface area contributed by atoms with Crippen molar-refractivity contribution in [3.8, 4) is 0 Å². The molecule has 3 unspecified atom stereocenters. The van der Waals surface area contributed by atoms with Crippen LogP contribution in [0.1, 0.15) is 336 Å². The zero-order valence-electron chi connectivity index (χ0n) is 54.7. The minimum atomic E-state index is -4.95. The molecule has 0 aromatic heterocycles. The maximum Gasteiger partial charge on any atom is 0.472 e. The Hall–Kier alpha value is -1.94. The first-order chi connectivity index (χ1) is 41.1. The van der Waals surface area contributed by atoms with Gasteiger partial charge in [0.2, 0.25) is 0 Å². The largest absolute Gasteiger partial charge is 0.472 e. The van der Waals surface area contributed by atoms with E-state index in [1.165, 1.54) is 154 Å². The molecular weight excluding hydrogens is 1130 g/mol. The highest BCUT2D eigenvalue weighted by Gasteiger charge is 2.30. The number of hydrogen-bond acceptors (Lipinski definition) is 15. The molecule has 0 aliphatic rings. The monoisotopic (exact) mass is 1250 g/mol. The highest BCUT2D eigenvalue weighted by atomic mass is 31.2. The molecule has 0 saturated heterocycles. The highest BCUT2D eigenvalue weighted by molar-refractivity contribution is 7.47. The smallest absolute Gasteiger partial charge is 0.462 e. The zero-order chi connectivity index (χ0) is 62.8. The van der Waals surface area contributed by atoms with Gasteiger partial charge in [-0.25, -0.2) is 9.13 Å². The third-order valence-corrected chi connectivity index (χ3v) is 17.5. The molecule has 85 heavy (non-hydrogen) atoms. The van der Waals surface area contributed by atoms with Gasteiger partial charge in [0.05, 0.1) is 26.4 Å². The molecule has 0 amide bonds. The molecule has 3 N–H and O–H groups in total. The summed E-state index contributed by atoms with van der Waals surface area (Å²) in [4.78, 5) is 72.1. The summed E-state index contributed by atoms with van der Waals surface area (Å²) >= 11 is 0. The topological polar surface area (TPSA) is 237 Å². The Bertz CT molecular complexity index is 1650. The van der Waals surface area contributed by atoms with E-state index in [4.69, 9.17) is 37.0 Å². The number of carbonyl (C=O) groups is 4. The maximum atomic E-state index is 13.0. The molecule has 0 saturated carbocycles. The summed E-state index contributed by atoms with van der Waals surface area (Å²) in [6, 6.07) is 0. The van der Waals surface area contributed by atoms with Crippen molar-refractivity contribution < 1.29 is 80.2 Å². The molecule has 0 fully saturated rings. The number of aliphatic hydroxyl groups excluding tert-OH is 1. The van der Waals surface area contributed by atoms with E-state index >= 15 is 0 Å². The fourth-order valence-electron chi connectivity index (χ4n) is 9.90.